The number of para-hydroxylation sites is 1. The summed E-state index contributed by atoms with van der Waals surface area (Å²) in [6.07, 6.45) is -7.65. The van der Waals surface area contributed by atoms with Crippen molar-refractivity contribution in [1.82, 2.24) is 0 Å². The van der Waals surface area contributed by atoms with E-state index in [4.69, 9.17) is 14.6 Å². The standard InChI is InChI=1S/C16H19NO9/c18-5-9-12(21)13(22)14(23)16(26-9)25-8-3-1-2-6-7(4-10(19)20)15(24)17-11(6)8/h1-3,7,9,12-14,16,18,21-23H,4-5H2,(H,17,24)(H,19,20)/t7?,9-,12-,13+,14-,16?/m1/s1. The minimum atomic E-state index is -1.60. The van der Waals surface area contributed by atoms with Crippen molar-refractivity contribution >= 4 is 17.6 Å². The number of fused-ring (bicyclic) bond motifs is 1. The van der Waals surface area contributed by atoms with E-state index in [-0.39, 0.29) is 17.9 Å². The molecule has 0 bridgehead atoms. The molecule has 2 aliphatic rings. The van der Waals surface area contributed by atoms with Crippen LogP contribution in [0.5, 0.6) is 5.75 Å². The summed E-state index contributed by atoms with van der Waals surface area (Å²) in [7, 11) is 0. The molecule has 1 saturated heterocycles. The number of benzene rings is 1. The van der Waals surface area contributed by atoms with Gasteiger partial charge >= 0.3 is 5.97 Å². The molecule has 2 unspecified atom stereocenters. The van der Waals surface area contributed by atoms with Crippen LogP contribution in [0.25, 0.3) is 0 Å². The molecular weight excluding hydrogens is 350 g/mol. The molecule has 0 aliphatic carbocycles. The van der Waals surface area contributed by atoms with E-state index in [1.54, 1.807) is 12.1 Å². The van der Waals surface area contributed by atoms with Gasteiger partial charge in [0.05, 0.1) is 24.6 Å². The Balaban J connectivity index is 1.85. The summed E-state index contributed by atoms with van der Waals surface area (Å²) in [5.74, 6) is -2.39. The van der Waals surface area contributed by atoms with Crippen LogP contribution in [0.15, 0.2) is 18.2 Å². The van der Waals surface area contributed by atoms with Crippen LogP contribution in [0.3, 0.4) is 0 Å². The van der Waals surface area contributed by atoms with Crippen LogP contribution in [-0.4, -0.2) is 74.7 Å². The SMILES string of the molecule is O=C(O)CC1C(=O)Nc2c(OC3O[C@H](CO)[C@@H](O)[C@H](O)[C@H]3O)cccc21. The number of amides is 1. The number of carbonyl (C=O) groups excluding carboxylic acids is 1. The maximum Gasteiger partial charge on any atom is 0.304 e. The molecule has 142 valence electrons. The van der Waals surface area contributed by atoms with Gasteiger partial charge in [-0.25, -0.2) is 0 Å². The monoisotopic (exact) mass is 369 g/mol. The molecular formula is C16H19NO9. The van der Waals surface area contributed by atoms with E-state index in [1.807, 2.05) is 0 Å². The zero-order chi connectivity index (χ0) is 19.0. The van der Waals surface area contributed by atoms with Crippen LogP contribution >= 0.6 is 0 Å². The first-order chi connectivity index (χ1) is 12.3. The van der Waals surface area contributed by atoms with E-state index < -0.39 is 55.1 Å². The molecule has 1 fully saturated rings. The highest BCUT2D eigenvalue weighted by Gasteiger charge is 2.45. The summed E-state index contributed by atoms with van der Waals surface area (Å²) >= 11 is 0. The highest BCUT2D eigenvalue weighted by atomic mass is 16.7. The summed E-state index contributed by atoms with van der Waals surface area (Å²) in [6.45, 7) is -0.602. The molecule has 2 aliphatic heterocycles. The van der Waals surface area contributed by atoms with Crippen LogP contribution < -0.4 is 10.1 Å². The fourth-order valence-electron chi connectivity index (χ4n) is 3.09. The van der Waals surface area contributed by atoms with E-state index in [0.29, 0.717) is 5.56 Å². The molecule has 10 heteroatoms. The number of carboxylic acid groups (broad SMARTS) is 1. The zero-order valence-electron chi connectivity index (χ0n) is 13.5. The zero-order valence-corrected chi connectivity index (χ0v) is 13.5. The number of aliphatic hydroxyl groups is 4. The molecule has 1 amide bonds. The number of nitrogens with one attached hydrogen (secondary N) is 1. The van der Waals surface area contributed by atoms with E-state index in [0.717, 1.165) is 0 Å². The molecule has 10 nitrogen and oxygen atoms in total. The number of ether oxygens (including phenoxy) is 2. The first kappa shape index (κ1) is 18.5. The average Bonchev–Trinajstić information content (AvgIpc) is 2.91. The lowest BCUT2D eigenvalue weighted by Gasteiger charge is -2.39. The van der Waals surface area contributed by atoms with Crippen LogP contribution in [0, 0.1) is 0 Å². The number of aliphatic carboxylic acids is 1. The lowest BCUT2D eigenvalue weighted by molar-refractivity contribution is -0.277. The maximum atomic E-state index is 12.1. The summed E-state index contributed by atoms with van der Waals surface area (Å²) < 4.78 is 10.8. The van der Waals surface area contributed by atoms with Crippen LogP contribution in [0.2, 0.25) is 0 Å². The minimum Gasteiger partial charge on any atom is -0.481 e. The quantitative estimate of drug-likeness (QED) is 0.357. The Labute approximate surface area is 147 Å². The highest BCUT2D eigenvalue weighted by molar-refractivity contribution is 6.05. The largest absolute Gasteiger partial charge is 0.481 e. The smallest absolute Gasteiger partial charge is 0.304 e. The van der Waals surface area contributed by atoms with E-state index in [2.05, 4.69) is 5.32 Å². The normalized spacial score (nSPS) is 33.5. The van der Waals surface area contributed by atoms with E-state index in [1.165, 1.54) is 6.07 Å². The second-order valence-electron chi connectivity index (χ2n) is 6.18. The van der Waals surface area contributed by atoms with E-state index in [9.17, 15) is 30.0 Å². The Bertz CT molecular complexity index is 707. The molecule has 6 atom stereocenters. The Hall–Kier alpha value is -2.24. The third-order valence-electron chi connectivity index (χ3n) is 4.47. The van der Waals surface area contributed by atoms with Gasteiger partial charge in [0.25, 0.3) is 0 Å². The lowest BCUT2D eigenvalue weighted by Crippen LogP contribution is -2.60. The number of carboxylic acids is 1. The first-order valence-corrected chi connectivity index (χ1v) is 7.96. The number of hydrogen-bond donors (Lipinski definition) is 6. The molecule has 1 aromatic rings. The van der Waals surface area contributed by atoms with Crippen LogP contribution in [-0.2, 0) is 14.3 Å². The third-order valence-corrected chi connectivity index (χ3v) is 4.47. The molecule has 0 spiro atoms. The molecule has 0 radical (unpaired) electrons. The van der Waals surface area contributed by atoms with Gasteiger partial charge in [0.15, 0.2) is 0 Å². The van der Waals surface area contributed by atoms with Gasteiger partial charge < -0.3 is 40.3 Å². The number of aliphatic hydroxyl groups excluding tert-OH is 4. The molecule has 2 heterocycles. The molecule has 0 saturated carbocycles. The van der Waals surface area contributed by atoms with Crippen molar-refractivity contribution in [3.63, 3.8) is 0 Å². The summed E-state index contributed by atoms with van der Waals surface area (Å²) in [6, 6.07) is 4.61. The number of carbonyl (C=O) groups is 2. The number of hydrogen-bond acceptors (Lipinski definition) is 8. The molecule has 6 N–H and O–H groups in total. The van der Waals surface area contributed by atoms with Crippen molar-refractivity contribution in [3.05, 3.63) is 23.8 Å². The van der Waals surface area contributed by atoms with Gasteiger partial charge in [0.2, 0.25) is 12.2 Å². The molecule has 1 aromatic carbocycles. The Morgan fingerprint density at radius 1 is 1.19 bits per heavy atom. The van der Waals surface area contributed by atoms with Gasteiger partial charge in [-0.15, -0.1) is 0 Å². The third kappa shape index (κ3) is 3.24. The molecule has 0 aromatic heterocycles. The predicted octanol–water partition coefficient (Wildman–Crippen LogP) is -1.62. The van der Waals surface area contributed by atoms with E-state index >= 15 is 0 Å². The van der Waals surface area contributed by atoms with Gasteiger partial charge in [-0.2, -0.15) is 0 Å². The summed E-state index contributed by atoms with van der Waals surface area (Å²) in [5, 5.41) is 50.4. The fourth-order valence-corrected chi connectivity index (χ4v) is 3.09. The second kappa shape index (κ2) is 7.17. The van der Waals surface area contributed by atoms with Crippen molar-refractivity contribution in [1.29, 1.82) is 0 Å². The molecule has 26 heavy (non-hydrogen) atoms. The van der Waals surface area contributed by atoms with Gasteiger partial charge in [0.1, 0.15) is 30.2 Å². The molecule has 3 rings (SSSR count). The highest BCUT2D eigenvalue weighted by Crippen LogP contribution is 2.41. The van der Waals surface area contributed by atoms with Gasteiger partial charge in [-0.05, 0) is 11.6 Å². The van der Waals surface area contributed by atoms with Gasteiger partial charge in [-0.3, -0.25) is 9.59 Å². The van der Waals surface area contributed by atoms with Crippen molar-refractivity contribution in [2.75, 3.05) is 11.9 Å². The van der Waals surface area contributed by atoms with Crippen molar-refractivity contribution in [3.8, 4) is 5.75 Å². The number of anilines is 1. The fraction of sp³-hybridized carbons (Fsp3) is 0.500. The lowest BCUT2D eigenvalue weighted by atomic mass is 9.97. The van der Waals surface area contributed by atoms with Crippen LogP contribution in [0.4, 0.5) is 5.69 Å². The Morgan fingerprint density at radius 3 is 2.58 bits per heavy atom. The summed E-state index contributed by atoms with van der Waals surface area (Å²) in [5.41, 5.74) is 0.681. The van der Waals surface area contributed by atoms with Gasteiger partial charge in [0, 0.05) is 0 Å². The maximum absolute atomic E-state index is 12.1. The first-order valence-electron chi connectivity index (χ1n) is 7.96. The topological polar surface area (TPSA) is 166 Å². The Morgan fingerprint density at radius 2 is 1.92 bits per heavy atom. The second-order valence-corrected chi connectivity index (χ2v) is 6.18. The van der Waals surface area contributed by atoms with Gasteiger partial charge in [-0.1, -0.05) is 12.1 Å². The summed E-state index contributed by atoms with van der Waals surface area (Å²) in [4.78, 5) is 23.0. The average molecular weight is 369 g/mol. The van der Waals surface area contributed by atoms with Crippen molar-refractivity contribution in [2.45, 2.75) is 43.0 Å². The van der Waals surface area contributed by atoms with Crippen LogP contribution in [0.1, 0.15) is 17.9 Å². The van der Waals surface area contributed by atoms with Crippen molar-refractivity contribution < 1.29 is 44.6 Å². The Kier molecular flexibility index (Phi) is 5.12. The number of rotatable bonds is 5. The predicted molar refractivity (Wildman–Crippen MR) is 84.5 cm³/mol. The van der Waals surface area contributed by atoms with Crippen molar-refractivity contribution in [2.24, 2.45) is 0 Å². The minimum absolute atomic E-state index is 0.105.